The van der Waals surface area contributed by atoms with Gasteiger partial charge in [0.25, 0.3) is 0 Å². The second-order valence-electron chi connectivity index (χ2n) is 2.57. The predicted octanol–water partition coefficient (Wildman–Crippen LogP) is 1.23. The number of aromatic carboxylic acids is 1. The fourth-order valence-electron chi connectivity index (χ4n) is 1.12. The topological polar surface area (TPSA) is 76.2 Å². The van der Waals surface area contributed by atoms with Gasteiger partial charge in [-0.2, -0.15) is 0 Å². The fourth-order valence-corrected chi connectivity index (χ4v) is 1.12. The molecule has 1 N–H and O–H groups in total. The van der Waals surface area contributed by atoms with Crippen molar-refractivity contribution in [1.82, 2.24) is 9.97 Å². The van der Waals surface area contributed by atoms with Crippen LogP contribution in [0.15, 0.2) is 16.8 Å². The number of pyridine rings is 1. The van der Waals surface area contributed by atoms with Crippen LogP contribution in [0.5, 0.6) is 0 Å². The lowest BCUT2D eigenvalue weighted by atomic mass is 10.2. The molecule has 0 aromatic carbocycles. The van der Waals surface area contributed by atoms with Gasteiger partial charge >= 0.3 is 5.97 Å². The van der Waals surface area contributed by atoms with Crippen molar-refractivity contribution in [3.05, 3.63) is 23.8 Å². The van der Waals surface area contributed by atoms with Crippen molar-refractivity contribution in [1.29, 1.82) is 0 Å². The number of carboxylic acid groups (broad SMARTS) is 1. The van der Waals surface area contributed by atoms with Crippen LogP contribution in [0.4, 0.5) is 0 Å². The Bertz CT molecular complexity index is 475. The van der Waals surface area contributed by atoms with Crippen LogP contribution >= 0.6 is 0 Å². The van der Waals surface area contributed by atoms with E-state index in [1.165, 1.54) is 12.4 Å². The minimum Gasteiger partial charge on any atom is -0.477 e. The largest absolute Gasteiger partial charge is 0.477 e. The number of oxazole rings is 1. The summed E-state index contributed by atoms with van der Waals surface area (Å²) in [5.41, 5.74) is 0.788. The number of rotatable bonds is 1. The number of carboxylic acids is 1. The van der Waals surface area contributed by atoms with Gasteiger partial charge in [0.2, 0.25) is 0 Å². The third-order valence-electron chi connectivity index (χ3n) is 1.64. The molecule has 0 unspecified atom stereocenters. The van der Waals surface area contributed by atoms with Crippen molar-refractivity contribution in [3.63, 3.8) is 0 Å². The second kappa shape index (κ2) is 2.55. The van der Waals surface area contributed by atoms with Gasteiger partial charge in [0.1, 0.15) is 11.1 Å². The third kappa shape index (κ3) is 1.14. The number of nitrogens with zero attached hydrogens (tertiary/aromatic N) is 2. The van der Waals surface area contributed by atoms with Gasteiger partial charge < -0.3 is 9.52 Å². The van der Waals surface area contributed by atoms with E-state index in [0.29, 0.717) is 11.4 Å². The Hall–Kier alpha value is -1.91. The molecule has 0 aliphatic heterocycles. The Morgan fingerprint density at radius 2 is 2.31 bits per heavy atom. The van der Waals surface area contributed by atoms with E-state index in [-0.39, 0.29) is 11.1 Å². The molecule has 0 radical (unpaired) electrons. The van der Waals surface area contributed by atoms with E-state index in [2.05, 4.69) is 9.97 Å². The lowest BCUT2D eigenvalue weighted by Gasteiger charge is -1.91. The molecule has 0 aliphatic carbocycles. The monoisotopic (exact) mass is 178 g/mol. The first kappa shape index (κ1) is 7.72. The summed E-state index contributed by atoms with van der Waals surface area (Å²) >= 11 is 0. The van der Waals surface area contributed by atoms with Gasteiger partial charge in [-0.05, 0) is 0 Å². The first-order chi connectivity index (χ1) is 6.18. The highest BCUT2D eigenvalue weighted by atomic mass is 16.4. The van der Waals surface area contributed by atoms with E-state index >= 15 is 0 Å². The number of hydrogen-bond acceptors (Lipinski definition) is 4. The number of aryl methyl sites for hydroxylation is 1. The summed E-state index contributed by atoms with van der Waals surface area (Å²) in [7, 11) is 0. The van der Waals surface area contributed by atoms with Crippen molar-refractivity contribution in [3.8, 4) is 0 Å². The predicted molar refractivity (Wildman–Crippen MR) is 43.5 cm³/mol. The van der Waals surface area contributed by atoms with Crippen molar-refractivity contribution in [2.24, 2.45) is 0 Å². The molecule has 2 aromatic heterocycles. The van der Waals surface area contributed by atoms with Crippen LogP contribution in [0.25, 0.3) is 11.1 Å². The summed E-state index contributed by atoms with van der Waals surface area (Å²) in [4.78, 5) is 18.4. The molecular formula is C8H6N2O3. The molecule has 2 aromatic rings. The molecular weight excluding hydrogens is 172 g/mol. The van der Waals surface area contributed by atoms with Gasteiger partial charge in [0, 0.05) is 13.1 Å². The van der Waals surface area contributed by atoms with E-state index in [1.807, 2.05) is 0 Å². The zero-order valence-electron chi connectivity index (χ0n) is 6.81. The molecule has 0 saturated carbocycles. The van der Waals surface area contributed by atoms with E-state index < -0.39 is 5.97 Å². The number of carbonyl (C=O) groups is 1. The summed E-state index contributed by atoms with van der Waals surface area (Å²) in [5.74, 6) is -0.625. The molecule has 2 heterocycles. The summed E-state index contributed by atoms with van der Waals surface area (Å²) in [6.45, 7) is 1.66. The standard InChI is InChI=1S/C8H6N2O3/c1-4-10-6-3-9-2-5(8(11)12)7(6)13-4/h2-3H,1H3,(H,11,12). The minimum atomic E-state index is -1.06. The van der Waals surface area contributed by atoms with E-state index in [9.17, 15) is 4.79 Å². The van der Waals surface area contributed by atoms with Gasteiger partial charge in [0.15, 0.2) is 11.5 Å². The highest BCUT2D eigenvalue weighted by molar-refractivity contribution is 5.99. The quantitative estimate of drug-likeness (QED) is 0.710. The molecule has 66 valence electrons. The Balaban J connectivity index is 2.82. The van der Waals surface area contributed by atoms with Crippen LogP contribution in [0, 0.1) is 6.92 Å². The van der Waals surface area contributed by atoms with Crippen molar-refractivity contribution in [2.45, 2.75) is 6.92 Å². The van der Waals surface area contributed by atoms with E-state index in [4.69, 9.17) is 9.52 Å². The maximum atomic E-state index is 10.7. The van der Waals surface area contributed by atoms with Crippen LogP contribution in [0.3, 0.4) is 0 Å². The summed E-state index contributed by atoms with van der Waals surface area (Å²) < 4.78 is 5.13. The maximum absolute atomic E-state index is 10.7. The smallest absolute Gasteiger partial charge is 0.341 e. The summed E-state index contributed by atoms with van der Waals surface area (Å²) in [6.07, 6.45) is 2.72. The number of hydrogen-bond donors (Lipinski definition) is 1. The molecule has 5 heteroatoms. The van der Waals surface area contributed by atoms with Crippen LogP contribution in [-0.2, 0) is 0 Å². The Labute approximate surface area is 73.0 Å². The number of aromatic nitrogens is 2. The Morgan fingerprint density at radius 3 is 3.00 bits per heavy atom. The summed E-state index contributed by atoms with van der Waals surface area (Å²) in [6, 6.07) is 0. The third-order valence-corrected chi connectivity index (χ3v) is 1.64. The molecule has 5 nitrogen and oxygen atoms in total. The SMILES string of the molecule is Cc1nc2cncc(C(=O)O)c2o1. The Kier molecular flexibility index (Phi) is 1.51. The molecule has 0 amide bonds. The molecule has 2 rings (SSSR count). The van der Waals surface area contributed by atoms with Crippen LogP contribution in [0.1, 0.15) is 16.2 Å². The highest BCUT2D eigenvalue weighted by Gasteiger charge is 2.13. The highest BCUT2D eigenvalue weighted by Crippen LogP contribution is 2.17. The van der Waals surface area contributed by atoms with Gasteiger partial charge in [-0.1, -0.05) is 0 Å². The second-order valence-corrected chi connectivity index (χ2v) is 2.57. The van der Waals surface area contributed by atoms with E-state index in [0.717, 1.165) is 0 Å². The molecule has 13 heavy (non-hydrogen) atoms. The fraction of sp³-hybridized carbons (Fsp3) is 0.125. The summed E-state index contributed by atoms with van der Waals surface area (Å²) in [5, 5.41) is 8.76. The maximum Gasteiger partial charge on any atom is 0.341 e. The molecule has 0 atom stereocenters. The van der Waals surface area contributed by atoms with E-state index in [1.54, 1.807) is 6.92 Å². The van der Waals surface area contributed by atoms with Crippen LogP contribution < -0.4 is 0 Å². The van der Waals surface area contributed by atoms with Crippen molar-refractivity contribution in [2.75, 3.05) is 0 Å². The first-order valence-electron chi connectivity index (χ1n) is 3.63. The zero-order valence-corrected chi connectivity index (χ0v) is 6.81. The molecule has 0 fully saturated rings. The average Bonchev–Trinajstić information content (AvgIpc) is 2.43. The molecule has 0 bridgehead atoms. The van der Waals surface area contributed by atoms with Gasteiger partial charge in [-0.3, -0.25) is 4.98 Å². The van der Waals surface area contributed by atoms with Crippen LogP contribution in [-0.4, -0.2) is 21.0 Å². The van der Waals surface area contributed by atoms with Gasteiger partial charge in [-0.25, -0.2) is 9.78 Å². The normalized spacial score (nSPS) is 10.5. The lowest BCUT2D eigenvalue weighted by Crippen LogP contribution is -1.97. The van der Waals surface area contributed by atoms with Crippen LogP contribution in [0.2, 0.25) is 0 Å². The molecule has 0 spiro atoms. The van der Waals surface area contributed by atoms with Gasteiger partial charge in [0.05, 0.1) is 6.20 Å². The van der Waals surface area contributed by atoms with Crippen molar-refractivity contribution < 1.29 is 14.3 Å². The van der Waals surface area contributed by atoms with Crippen molar-refractivity contribution >= 4 is 17.1 Å². The average molecular weight is 178 g/mol. The zero-order chi connectivity index (χ0) is 9.42. The minimum absolute atomic E-state index is 0.0399. The van der Waals surface area contributed by atoms with Gasteiger partial charge in [-0.15, -0.1) is 0 Å². The first-order valence-corrected chi connectivity index (χ1v) is 3.63. The Morgan fingerprint density at radius 1 is 1.54 bits per heavy atom. The molecule has 0 saturated heterocycles. The lowest BCUT2D eigenvalue weighted by molar-refractivity contribution is 0.0697. The molecule has 0 aliphatic rings. The number of fused-ring (bicyclic) bond motifs is 1.